The molecule has 10 heteroatoms. The summed E-state index contributed by atoms with van der Waals surface area (Å²) in [5, 5.41) is 14.7. The number of tetrazole rings is 1. The smallest absolute Gasteiger partial charge is 0.323 e. The van der Waals surface area contributed by atoms with Crippen molar-refractivity contribution in [3.8, 4) is 0 Å². The Morgan fingerprint density at radius 3 is 2.80 bits per heavy atom. The molecule has 132 valence electrons. The van der Waals surface area contributed by atoms with Gasteiger partial charge >= 0.3 is 5.69 Å². The molecule has 0 bridgehead atoms. The Morgan fingerprint density at radius 2 is 2.04 bits per heavy atom. The third-order valence-electron chi connectivity index (χ3n) is 3.47. The van der Waals surface area contributed by atoms with E-state index in [1.54, 1.807) is 29.8 Å². The molecule has 3 N–H and O–H groups in total. The average molecular weight is 361 g/mol. The third kappa shape index (κ3) is 4.08. The van der Waals surface area contributed by atoms with Crippen LogP contribution in [0.2, 0.25) is 0 Å². The summed E-state index contributed by atoms with van der Waals surface area (Å²) in [7, 11) is 0. The Labute approximate surface area is 147 Å². The van der Waals surface area contributed by atoms with E-state index < -0.39 is 0 Å². The molecule has 0 aliphatic heterocycles. The SMILES string of the molecule is CC(C)Cn1nnnc1SC(C)C(=O)Nc1ccc2[nH]c(=O)[nH]c2c1. The number of carbonyl (C=O) groups excluding carboxylic acids is 1. The van der Waals surface area contributed by atoms with Gasteiger partial charge in [-0.3, -0.25) is 4.79 Å². The topological polar surface area (TPSA) is 121 Å². The summed E-state index contributed by atoms with van der Waals surface area (Å²) >= 11 is 1.30. The molecule has 0 fully saturated rings. The number of amides is 1. The van der Waals surface area contributed by atoms with Crippen LogP contribution >= 0.6 is 11.8 Å². The first kappa shape index (κ1) is 17.2. The van der Waals surface area contributed by atoms with Crippen LogP contribution in [0.4, 0.5) is 5.69 Å². The number of rotatable bonds is 6. The van der Waals surface area contributed by atoms with Crippen molar-refractivity contribution in [3.05, 3.63) is 28.7 Å². The third-order valence-corrected chi connectivity index (χ3v) is 4.54. The van der Waals surface area contributed by atoms with Crippen LogP contribution in [0.25, 0.3) is 11.0 Å². The number of nitrogens with one attached hydrogen (secondary N) is 3. The second-order valence-corrected chi connectivity index (χ2v) is 7.43. The lowest BCUT2D eigenvalue weighted by Gasteiger charge is -2.12. The van der Waals surface area contributed by atoms with E-state index in [0.717, 1.165) is 0 Å². The van der Waals surface area contributed by atoms with Crippen LogP contribution in [0.3, 0.4) is 0 Å². The van der Waals surface area contributed by atoms with Crippen LogP contribution < -0.4 is 11.0 Å². The number of hydrogen-bond acceptors (Lipinski definition) is 6. The molecule has 0 saturated heterocycles. The second kappa shape index (κ2) is 7.09. The van der Waals surface area contributed by atoms with Crippen LogP contribution in [-0.2, 0) is 11.3 Å². The van der Waals surface area contributed by atoms with E-state index in [-0.39, 0.29) is 16.8 Å². The number of benzene rings is 1. The first-order valence-corrected chi connectivity index (χ1v) is 8.76. The van der Waals surface area contributed by atoms with E-state index in [2.05, 4.69) is 44.7 Å². The van der Waals surface area contributed by atoms with Gasteiger partial charge in [-0.1, -0.05) is 25.6 Å². The average Bonchev–Trinajstić information content (AvgIpc) is 3.11. The quantitative estimate of drug-likeness (QED) is 0.574. The molecule has 0 saturated carbocycles. The zero-order valence-corrected chi connectivity index (χ0v) is 14.9. The van der Waals surface area contributed by atoms with Crippen LogP contribution in [0, 0.1) is 5.92 Å². The van der Waals surface area contributed by atoms with Gasteiger partial charge in [0.15, 0.2) is 0 Å². The van der Waals surface area contributed by atoms with Crippen molar-refractivity contribution in [1.29, 1.82) is 0 Å². The molecule has 0 radical (unpaired) electrons. The maximum Gasteiger partial charge on any atom is 0.323 e. The van der Waals surface area contributed by atoms with Crippen LogP contribution in [-0.4, -0.2) is 41.3 Å². The van der Waals surface area contributed by atoms with Gasteiger partial charge in [-0.2, -0.15) is 0 Å². The zero-order valence-electron chi connectivity index (χ0n) is 14.1. The Bertz CT molecular complexity index is 943. The van der Waals surface area contributed by atoms with Crippen molar-refractivity contribution in [2.45, 2.75) is 37.7 Å². The zero-order chi connectivity index (χ0) is 18.0. The molecular weight excluding hydrogens is 342 g/mol. The summed E-state index contributed by atoms with van der Waals surface area (Å²) < 4.78 is 1.70. The predicted octanol–water partition coefficient (Wildman–Crippen LogP) is 1.62. The highest BCUT2D eigenvalue weighted by Gasteiger charge is 2.19. The number of H-pyrrole nitrogens is 2. The number of fused-ring (bicyclic) bond motifs is 1. The minimum absolute atomic E-state index is 0.165. The van der Waals surface area contributed by atoms with E-state index in [9.17, 15) is 9.59 Å². The number of aromatic amines is 2. The molecule has 25 heavy (non-hydrogen) atoms. The lowest BCUT2D eigenvalue weighted by molar-refractivity contribution is -0.115. The highest BCUT2D eigenvalue weighted by Crippen LogP contribution is 2.23. The summed E-state index contributed by atoms with van der Waals surface area (Å²) in [6, 6.07) is 5.19. The summed E-state index contributed by atoms with van der Waals surface area (Å²) in [6.45, 7) is 6.65. The summed E-state index contributed by atoms with van der Waals surface area (Å²) in [6.07, 6.45) is 0. The minimum atomic E-state index is -0.377. The van der Waals surface area contributed by atoms with E-state index >= 15 is 0 Å². The maximum absolute atomic E-state index is 12.4. The van der Waals surface area contributed by atoms with E-state index in [1.807, 2.05) is 0 Å². The van der Waals surface area contributed by atoms with Gasteiger partial charge in [-0.25, -0.2) is 9.48 Å². The Hall–Kier alpha value is -2.62. The van der Waals surface area contributed by atoms with Gasteiger partial charge in [0.1, 0.15) is 0 Å². The van der Waals surface area contributed by atoms with E-state index in [4.69, 9.17) is 0 Å². The number of thioether (sulfide) groups is 1. The fourth-order valence-corrected chi connectivity index (χ4v) is 3.11. The van der Waals surface area contributed by atoms with Gasteiger partial charge in [0.05, 0.1) is 16.3 Å². The first-order valence-electron chi connectivity index (χ1n) is 7.88. The van der Waals surface area contributed by atoms with E-state index in [0.29, 0.717) is 34.3 Å². The van der Waals surface area contributed by atoms with Gasteiger partial charge in [-0.15, -0.1) is 5.10 Å². The second-order valence-electron chi connectivity index (χ2n) is 6.13. The molecule has 3 rings (SSSR count). The lowest BCUT2D eigenvalue weighted by Crippen LogP contribution is -2.23. The number of aromatic nitrogens is 6. The molecule has 1 aromatic carbocycles. The molecule has 3 aromatic rings. The fraction of sp³-hybridized carbons (Fsp3) is 0.400. The van der Waals surface area contributed by atoms with Crippen molar-refractivity contribution >= 4 is 34.4 Å². The largest absolute Gasteiger partial charge is 0.325 e. The molecular formula is C15H19N7O2S. The van der Waals surface area contributed by atoms with Gasteiger partial charge in [-0.05, 0) is 41.5 Å². The van der Waals surface area contributed by atoms with Crippen molar-refractivity contribution in [2.24, 2.45) is 5.92 Å². The standard InChI is InChI=1S/C15H19N7O2S/c1-8(2)7-22-15(19-20-21-22)25-9(3)13(23)16-10-4-5-11-12(6-10)18-14(24)17-11/h4-6,8-9H,7H2,1-3H3,(H,16,23)(H2,17,18,24). The molecule has 1 unspecified atom stereocenters. The molecule has 1 atom stereocenters. The predicted molar refractivity (Wildman–Crippen MR) is 95.5 cm³/mol. The van der Waals surface area contributed by atoms with Crippen molar-refractivity contribution < 1.29 is 4.79 Å². The van der Waals surface area contributed by atoms with Gasteiger partial charge in [0, 0.05) is 12.2 Å². The molecule has 1 amide bonds. The monoisotopic (exact) mass is 361 g/mol. The van der Waals surface area contributed by atoms with E-state index in [1.165, 1.54) is 11.8 Å². The summed E-state index contributed by atoms with van der Waals surface area (Å²) in [4.78, 5) is 29.0. The van der Waals surface area contributed by atoms with Crippen molar-refractivity contribution in [1.82, 2.24) is 30.2 Å². The highest BCUT2D eigenvalue weighted by atomic mass is 32.2. The fourth-order valence-electron chi connectivity index (χ4n) is 2.31. The van der Waals surface area contributed by atoms with Crippen LogP contribution in [0.1, 0.15) is 20.8 Å². The Kier molecular flexibility index (Phi) is 4.88. The minimum Gasteiger partial charge on any atom is -0.325 e. The Morgan fingerprint density at radius 1 is 1.28 bits per heavy atom. The van der Waals surface area contributed by atoms with Crippen molar-refractivity contribution in [2.75, 3.05) is 5.32 Å². The molecule has 2 heterocycles. The highest BCUT2D eigenvalue weighted by molar-refractivity contribution is 8.00. The molecule has 2 aromatic heterocycles. The molecule has 0 aliphatic carbocycles. The molecule has 9 nitrogen and oxygen atoms in total. The number of anilines is 1. The maximum atomic E-state index is 12.4. The molecule has 0 aliphatic rings. The lowest BCUT2D eigenvalue weighted by atomic mass is 10.2. The number of hydrogen-bond donors (Lipinski definition) is 3. The number of imidazole rings is 1. The van der Waals surface area contributed by atoms with Gasteiger partial charge in [0.25, 0.3) is 0 Å². The summed E-state index contributed by atoms with van der Waals surface area (Å²) in [5.74, 6) is 0.239. The molecule has 0 spiro atoms. The van der Waals surface area contributed by atoms with Gasteiger partial charge in [0.2, 0.25) is 11.1 Å². The number of carbonyl (C=O) groups is 1. The van der Waals surface area contributed by atoms with Crippen LogP contribution in [0.5, 0.6) is 0 Å². The van der Waals surface area contributed by atoms with Gasteiger partial charge < -0.3 is 15.3 Å². The van der Waals surface area contributed by atoms with Crippen molar-refractivity contribution in [3.63, 3.8) is 0 Å². The number of nitrogens with zero attached hydrogens (tertiary/aromatic N) is 4. The Balaban J connectivity index is 1.67. The summed E-state index contributed by atoms with van der Waals surface area (Å²) in [5.41, 5.74) is 1.67. The first-order chi connectivity index (χ1) is 11.9. The van der Waals surface area contributed by atoms with Crippen LogP contribution in [0.15, 0.2) is 28.2 Å². The normalized spacial score (nSPS) is 12.6.